The Morgan fingerprint density at radius 1 is 1.13 bits per heavy atom. The molecule has 3 rings (SSSR count). The predicted octanol–water partition coefficient (Wildman–Crippen LogP) is 4.96. The number of amides is 1. The molecule has 1 amide bonds. The van der Waals surface area contributed by atoms with Crippen molar-refractivity contribution in [1.29, 1.82) is 0 Å². The highest BCUT2D eigenvalue weighted by Gasteiger charge is 2.33. The van der Waals surface area contributed by atoms with E-state index in [9.17, 15) is 4.79 Å². The lowest BCUT2D eigenvalue weighted by Crippen LogP contribution is -2.28. The first kappa shape index (κ1) is 16.0. The van der Waals surface area contributed by atoms with Gasteiger partial charge >= 0.3 is 0 Å². The van der Waals surface area contributed by atoms with E-state index in [-0.39, 0.29) is 5.91 Å². The Kier molecular flexibility index (Phi) is 4.64. The highest BCUT2D eigenvalue weighted by Crippen LogP contribution is 2.37. The summed E-state index contributed by atoms with van der Waals surface area (Å²) in [6.45, 7) is 4.11. The van der Waals surface area contributed by atoms with Crippen LogP contribution in [0.5, 0.6) is 0 Å². The van der Waals surface area contributed by atoms with Crippen molar-refractivity contribution in [3.63, 3.8) is 0 Å². The van der Waals surface area contributed by atoms with Gasteiger partial charge in [-0.25, -0.2) is 0 Å². The summed E-state index contributed by atoms with van der Waals surface area (Å²) in [5.74, 6) is -0.0473. The molecule has 0 aliphatic carbocycles. The molecule has 4 heteroatoms. The van der Waals surface area contributed by atoms with Crippen LogP contribution in [0.2, 0.25) is 0 Å². The van der Waals surface area contributed by atoms with Crippen LogP contribution in [0.1, 0.15) is 23.6 Å². The Morgan fingerprint density at radius 3 is 2.48 bits per heavy atom. The maximum Gasteiger partial charge on any atom is 0.270 e. The van der Waals surface area contributed by atoms with Gasteiger partial charge in [-0.15, -0.1) is 0 Å². The lowest BCUT2D eigenvalue weighted by molar-refractivity contribution is -0.113. The van der Waals surface area contributed by atoms with Crippen LogP contribution in [0.15, 0.2) is 53.4 Å². The van der Waals surface area contributed by atoms with Crippen LogP contribution in [-0.2, 0) is 11.2 Å². The predicted molar refractivity (Wildman–Crippen MR) is 103 cm³/mol. The topological polar surface area (TPSA) is 20.3 Å². The number of carbonyl (C=O) groups is 1. The number of thioether (sulfide) groups is 1. The fourth-order valence-corrected chi connectivity index (χ4v) is 3.78. The molecule has 116 valence electrons. The average molecular weight is 339 g/mol. The summed E-state index contributed by atoms with van der Waals surface area (Å²) in [6, 6.07) is 16.1. The lowest BCUT2D eigenvalue weighted by Gasteiger charge is -2.16. The Labute approximate surface area is 146 Å². The maximum absolute atomic E-state index is 12.7. The van der Waals surface area contributed by atoms with Gasteiger partial charge in [0.25, 0.3) is 5.91 Å². The fraction of sp³-hybridized carbons (Fsp3) is 0.158. The van der Waals surface area contributed by atoms with Gasteiger partial charge in [0.05, 0.1) is 10.6 Å². The molecule has 0 saturated carbocycles. The number of anilines is 1. The van der Waals surface area contributed by atoms with Gasteiger partial charge in [0.1, 0.15) is 0 Å². The van der Waals surface area contributed by atoms with Gasteiger partial charge in [0, 0.05) is 0 Å². The molecule has 0 bridgehead atoms. The summed E-state index contributed by atoms with van der Waals surface area (Å²) < 4.78 is 0.584. The number of nitrogens with zero attached hydrogens (tertiary/aromatic N) is 1. The molecule has 1 heterocycles. The molecule has 0 radical (unpaired) electrons. The van der Waals surface area contributed by atoms with Crippen LogP contribution >= 0.6 is 24.0 Å². The van der Waals surface area contributed by atoms with E-state index in [0.717, 1.165) is 23.2 Å². The number of carbonyl (C=O) groups excluding carboxylic acids is 1. The van der Waals surface area contributed by atoms with E-state index in [2.05, 4.69) is 19.1 Å². The molecule has 2 aromatic carbocycles. The SMILES string of the molecule is CCc1ccc(/C=C2\SC(=S)N(c3ccccc3C)C2=O)cc1. The molecule has 0 aromatic heterocycles. The highest BCUT2D eigenvalue weighted by atomic mass is 32.2. The third-order valence-electron chi connectivity index (χ3n) is 3.84. The molecule has 1 fully saturated rings. The first-order chi connectivity index (χ1) is 11.1. The lowest BCUT2D eigenvalue weighted by atomic mass is 10.1. The Morgan fingerprint density at radius 2 is 1.83 bits per heavy atom. The average Bonchev–Trinajstić information content (AvgIpc) is 2.83. The van der Waals surface area contributed by atoms with E-state index in [0.29, 0.717) is 9.23 Å². The van der Waals surface area contributed by atoms with E-state index in [1.165, 1.54) is 17.3 Å². The third-order valence-corrected chi connectivity index (χ3v) is 5.14. The molecule has 0 atom stereocenters. The van der Waals surface area contributed by atoms with Crippen LogP contribution in [0, 0.1) is 6.92 Å². The van der Waals surface area contributed by atoms with Crippen LogP contribution in [0.25, 0.3) is 6.08 Å². The number of hydrogen-bond donors (Lipinski definition) is 0. The van der Waals surface area contributed by atoms with Crippen molar-refractivity contribution in [3.8, 4) is 0 Å². The number of rotatable bonds is 3. The van der Waals surface area contributed by atoms with E-state index >= 15 is 0 Å². The quantitative estimate of drug-likeness (QED) is 0.582. The number of benzene rings is 2. The standard InChI is InChI=1S/C19H17NOS2/c1-3-14-8-10-15(11-9-14)12-17-18(21)20(19(22)23-17)16-7-5-4-6-13(16)2/h4-12H,3H2,1-2H3/b17-12-. The van der Waals surface area contributed by atoms with Gasteiger partial charge in [-0.2, -0.15) is 0 Å². The number of para-hydroxylation sites is 1. The molecule has 2 aromatic rings. The monoisotopic (exact) mass is 339 g/mol. The Bertz CT molecular complexity index is 793. The molecule has 1 aliphatic heterocycles. The van der Waals surface area contributed by atoms with E-state index in [4.69, 9.17) is 12.2 Å². The first-order valence-corrected chi connectivity index (χ1v) is 8.75. The third kappa shape index (κ3) is 3.23. The minimum atomic E-state index is -0.0473. The molecule has 1 aliphatic rings. The summed E-state index contributed by atoms with van der Waals surface area (Å²) in [5.41, 5.74) is 4.21. The van der Waals surface area contributed by atoms with Gasteiger partial charge in [-0.1, -0.05) is 73.4 Å². The van der Waals surface area contributed by atoms with Crippen molar-refractivity contribution in [2.24, 2.45) is 0 Å². The normalized spacial score (nSPS) is 16.4. The second kappa shape index (κ2) is 6.69. The van der Waals surface area contributed by atoms with Crippen LogP contribution in [-0.4, -0.2) is 10.2 Å². The van der Waals surface area contributed by atoms with Crippen LogP contribution in [0.3, 0.4) is 0 Å². The molecule has 2 nitrogen and oxygen atoms in total. The van der Waals surface area contributed by atoms with Gasteiger partial charge < -0.3 is 0 Å². The molecular formula is C19H17NOS2. The summed E-state index contributed by atoms with van der Waals surface area (Å²) in [6.07, 6.45) is 2.92. The smallest absolute Gasteiger partial charge is 0.268 e. The van der Waals surface area contributed by atoms with Crippen molar-refractivity contribution in [3.05, 3.63) is 70.1 Å². The summed E-state index contributed by atoms with van der Waals surface area (Å²) in [4.78, 5) is 15.0. The van der Waals surface area contributed by atoms with Crippen molar-refractivity contribution in [2.45, 2.75) is 20.3 Å². The minimum absolute atomic E-state index is 0.0473. The number of aryl methyl sites for hydroxylation is 2. The fourth-order valence-electron chi connectivity index (χ4n) is 2.49. The van der Waals surface area contributed by atoms with Gasteiger partial charge in [0.15, 0.2) is 4.32 Å². The summed E-state index contributed by atoms with van der Waals surface area (Å²) in [5, 5.41) is 0. The van der Waals surface area contributed by atoms with Gasteiger partial charge in [-0.3, -0.25) is 9.69 Å². The summed E-state index contributed by atoms with van der Waals surface area (Å²) >= 11 is 6.78. The summed E-state index contributed by atoms with van der Waals surface area (Å²) in [7, 11) is 0. The number of thiocarbonyl (C=S) groups is 1. The zero-order valence-electron chi connectivity index (χ0n) is 13.1. The second-order valence-corrected chi connectivity index (χ2v) is 7.07. The zero-order valence-corrected chi connectivity index (χ0v) is 14.7. The molecule has 0 spiro atoms. The van der Waals surface area contributed by atoms with Gasteiger partial charge in [-0.05, 0) is 42.2 Å². The van der Waals surface area contributed by atoms with Crippen molar-refractivity contribution in [2.75, 3.05) is 4.90 Å². The van der Waals surface area contributed by atoms with E-state index in [1.54, 1.807) is 4.90 Å². The first-order valence-electron chi connectivity index (χ1n) is 7.52. The minimum Gasteiger partial charge on any atom is -0.268 e. The van der Waals surface area contributed by atoms with Crippen molar-refractivity contribution >= 4 is 46.0 Å². The van der Waals surface area contributed by atoms with Crippen molar-refractivity contribution < 1.29 is 4.79 Å². The second-order valence-electron chi connectivity index (χ2n) is 5.40. The Hall–Kier alpha value is -1.91. The van der Waals surface area contributed by atoms with Crippen molar-refractivity contribution in [1.82, 2.24) is 0 Å². The van der Waals surface area contributed by atoms with Gasteiger partial charge in [0.2, 0.25) is 0 Å². The van der Waals surface area contributed by atoms with E-state index < -0.39 is 0 Å². The molecule has 23 heavy (non-hydrogen) atoms. The Balaban J connectivity index is 1.91. The molecule has 1 saturated heterocycles. The number of hydrogen-bond acceptors (Lipinski definition) is 3. The highest BCUT2D eigenvalue weighted by molar-refractivity contribution is 8.27. The zero-order chi connectivity index (χ0) is 16.4. The van der Waals surface area contributed by atoms with Crippen LogP contribution < -0.4 is 4.90 Å². The molecular weight excluding hydrogens is 322 g/mol. The van der Waals surface area contributed by atoms with E-state index in [1.807, 2.05) is 49.4 Å². The van der Waals surface area contributed by atoms with Crippen LogP contribution in [0.4, 0.5) is 5.69 Å². The molecule has 0 N–H and O–H groups in total. The largest absolute Gasteiger partial charge is 0.270 e. The maximum atomic E-state index is 12.7. The molecule has 0 unspecified atom stereocenters.